The molecule has 11 heavy (non-hydrogen) atoms. The Bertz CT molecular complexity index is 168. The first-order valence-corrected chi connectivity index (χ1v) is 5.55. The first kappa shape index (κ1) is 11.2. The fourth-order valence-corrected chi connectivity index (χ4v) is 0.554. The second-order valence-corrected chi connectivity index (χ2v) is 3.66. The maximum Gasteiger partial charge on any atom is 0.0593 e. The number of hydrogen-bond acceptors (Lipinski definition) is 1. The molecule has 0 spiro atoms. The van der Waals surface area contributed by atoms with Crippen LogP contribution in [0, 0.1) is 13.8 Å². The number of rotatable bonds is 1. The van der Waals surface area contributed by atoms with Crippen molar-refractivity contribution in [2.24, 2.45) is 0 Å². The zero-order chi connectivity index (χ0) is 8.69. The number of hydrogen-bond donors (Lipinski definition) is 1. The standard InChI is InChI=1S/C5H8N2.C2H4Br2/c1-4-3-5(2)7-6-4;3-1-2-4/h3H,1-2H3,(H,6,7);1-2H2. The molecule has 0 saturated carbocycles. The summed E-state index contributed by atoms with van der Waals surface area (Å²) in [5, 5.41) is 8.81. The van der Waals surface area contributed by atoms with Crippen molar-refractivity contribution in [1.29, 1.82) is 0 Å². The normalized spacial score (nSPS) is 8.73. The molecule has 64 valence electrons. The van der Waals surface area contributed by atoms with Gasteiger partial charge in [-0.2, -0.15) is 5.10 Å². The lowest BCUT2D eigenvalue weighted by Crippen LogP contribution is -1.68. The summed E-state index contributed by atoms with van der Waals surface area (Å²) >= 11 is 6.40. The van der Waals surface area contributed by atoms with E-state index in [1.54, 1.807) is 0 Å². The number of aromatic nitrogens is 2. The minimum atomic E-state index is 1.05. The molecule has 0 aliphatic carbocycles. The van der Waals surface area contributed by atoms with Gasteiger partial charge in [-0.3, -0.25) is 5.10 Å². The Balaban J connectivity index is 0.000000218. The van der Waals surface area contributed by atoms with E-state index in [4.69, 9.17) is 0 Å². The Morgan fingerprint density at radius 3 is 2.00 bits per heavy atom. The molecule has 0 saturated heterocycles. The van der Waals surface area contributed by atoms with Gasteiger partial charge in [0.2, 0.25) is 0 Å². The number of halogens is 2. The first-order valence-electron chi connectivity index (χ1n) is 3.31. The Morgan fingerprint density at radius 2 is 1.91 bits per heavy atom. The van der Waals surface area contributed by atoms with Gasteiger partial charge in [-0.1, -0.05) is 31.9 Å². The van der Waals surface area contributed by atoms with E-state index < -0.39 is 0 Å². The molecule has 0 amide bonds. The summed E-state index contributed by atoms with van der Waals surface area (Å²) in [7, 11) is 0. The molecule has 1 aromatic rings. The second-order valence-electron chi connectivity index (χ2n) is 2.07. The highest BCUT2D eigenvalue weighted by Crippen LogP contribution is 1.92. The SMILES string of the molecule is BrCCBr.Cc1cc(C)[nH]n1. The molecular weight excluding hydrogens is 272 g/mol. The number of alkyl halides is 2. The van der Waals surface area contributed by atoms with E-state index in [-0.39, 0.29) is 0 Å². The van der Waals surface area contributed by atoms with Crippen molar-refractivity contribution in [3.63, 3.8) is 0 Å². The molecule has 0 aliphatic rings. The van der Waals surface area contributed by atoms with Gasteiger partial charge in [0, 0.05) is 16.4 Å². The molecule has 0 unspecified atom stereocenters. The molecule has 0 aliphatic heterocycles. The van der Waals surface area contributed by atoms with Crippen molar-refractivity contribution in [2.45, 2.75) is 13.8 Å². The van der Waals surface area contributed by atoms with Crippen LogP contribution in [0.3, 0.4) is 0 Å². The number of aryl methyl sites for hydroxylation is 2. The average molecular weight is 284 g/mol. The van der Waals surface area contributed by atoms with Crippen LogP contribution in [0.25, 0.3) is 0 Å². The van der Waals surface area contributed by atoms with Gasteiger partial charge in [0.1, 0.15) is 0 Å². The molecule has 0 aromatic carbocycles. The molecular formula is C7H12Br2N2. The maximum atomic E-state index is 3.89. The van der Waals surface area contributed by atoms with Gasteiger partial charge in [0.15, 0.2) is 0 Å². The topological polar surface area (TPSA) is 28.7 Å². The lowest BCUT2D eigenvalue weighted by Gasteiger charge is -1.68. The zero-order valence-corrected chi connectivity index (χ0v) is 9.87. The maximum absolute atomic E-state index is 3.89. The third-order valence-corrected chi connectivity index (χ3v) is 2.76. The summed E-state index contributed by atoms with van der Waals surface area (Å²) in [4.78, 5) is 0. The van der Waals surface area contributed by atoms with Crippen molar-refractivity contribution in [2.75, 3.05) is 10.7 Å². The zero-order valence-electron chi connectivity index (χ0n) is 6.69. The highest BCUT2D eigenvalue weighted by molar-refractivity contribution is 9.11. The van der Waals surface area contributed by atoms with E-state index in [9.17, 15) is 0 Å². The number of nitrogens with zero attached hydrogens (tertiary/aromatic N) is 1. The summed E-state index contributed by atoms with van der Waals surface area (Å²) in [5.74, 6) is 0. The third-order valence-electron chi connectivity index (χ3n) is 0.905. The van der Waals surface area contributed by atoms with Crippen LogP contribution in [0.5, 0.6) is 0 Å². The van der Waals surface area contributed by atoms with E-state index in [1.165, 1.54) is 0 Å². The fourth-order valence-electron chi connectivity index (χ4n) is 0.554. The second kappa shape index (κ2) is 6.85. The lowest BCUT2D eigenvalue weighted by molar-refractivity contribution is 1.02. The van der Waals surface area contributed by atoms with E-state index in [0.29, 0.717) is 0 Å². The van der Waals surface area contributed by atoms with E-state index in [0.717, 1.165) is 22.0 Å². The number of aromatic amines is 1. The van der Waals surface area contributed by atoms with Crippen molar-refractivity contribution < 1.29 is 0 Å². The Morgan fingerprint density at radius 1 is 1.36 bits per heavy atom. The molecule has 1 rings (SSSR count). The Labute approximate surface area is 84.0 Å². The minimum absolute atomic E-state index is 1.05. The van der Waals surface area contributed by atoms with Crippen LogP contribution in [0.2, 0.25) is 0 Å². The summed E-state index contributed by atoms with van der Waals surface area (Å²) in [6, 6.07) is 2.00. The van der Waals surface area contributed by atoms with Gasteiger partial charge in [-0.25, -0.2) is 0 Å². The van der Waals surface area contributed by atoms with E-state index in [2.05, 4.69) is 42.1 Å². The molecule has 1 heterocycles. The Kier molecular flexibility index (Phi) is 6.96. The molecule has 1 aromatic heterocycles. The number of nitrogens with one attached hydrogen (secondary N) is 1. The molecule has 0 radical (unpaired) electrons. The highest BCUT2D eigenvalue weighted by Gasteiger charge is 1.84. The molecule has 0 atom stereocenters. The van der Waals surface area contributed by atoms with Crippen LogP contribution in [0.15, 0.2) is 6.07 Å². The van der Waals surface area contributed by atoms with Crippen LogP contribution in [-0.4, -0.2) is 20.9 Å². The molecule has 1 N–H and O–H groups in total. The highest BCUT2D eigenvalue weighted by atomic mass is 79.9. The number of H-pyrrole nitrogens is 1. The smallest absolute Gasteiger partial charge is 0.0593 e. The molecule has 0 fully saturated rings. The predicted octanol–water partition coefficient (Wildman–Crippen LogP) is 2.80. The van der Waals surface area contributed by atoms with Crippen molar-refractivity contribution in [1.82, 2.24) is 10.2 Å². The van der Waals surface area contributed by atoms with Crippen LogP contribution >= 0.6 is 31.9 Å². The molecule has 4 heteroatoms. The van der Waals surface area contributed by atoms with Crippen LogP contribution < -0.4 is 0 Å². The minimum Gasteiger partial charge on any atom is -0.283 e. The van der Waals surface area contributed by atoms with Gasteiger partial charge in [-0.05, 0) is 19.9 Å². The van der Waals surface area contributed by atoms with Crippen LogP contribution in [-0.2, 0) is 0 Å². The predicted molar refractivity (Wildman–Crippen MR) is 55.6 cm³/mol. The van der Waals surface area contributed by atoms with Gasteiger partial charge in [0.25, 0.3) is 0 Å². The fraction of sp³-hybridized carbons (Fsp3) is 0.571. The van der Waals surface area contributed by atoms with Crippen molar-refractivity contribution in [3.8, 4) is 0 Å². The van der Waals surface area contributed by atoms with Gasteiger partial charge in [-0.15, -0.1) is 0 Å². The monoisotopic (exact) mass is 282 g/mol. The van der Waals surface area contributed by atoms with Gasteiger partial charge >= 0.3 is 0 Å². The largest absolute Gasteiger partial charge is 0.283 e. The van der Waals surface area contributed by atoms with Gasteiger partial charge in [0.05, 0.1) is 5.69 Å². The summed E-state index contributed by atoms with van der Waals surface area (Å²) in [5.41, 5.74) is 2.18. The third kappa shape index (κ3) is 6.56. The summed E-state index contributed by atoms with van der Waals surface area (Å²) < 4.78 is 0. The molecule has 2 nitrogen and oxygen atoms in total. The summed E-state index contributed by atoms with van der Waals surface area (Å²) in [6.07, 6.45) is 0. The average Bonchev–Trinajstić information content (AvgIpc) is 2.35. The quantitative estimate of drug-likeness (QED) is 0.789. The van der Waals surface area contributed by atoms with E-state index >= 15 is 0 Å². The van der Waals surface area contributed by atoms with Crippen molar-refractivity contribution >= 4 is 31.9 Å². The van der Waals surface area contributed by atoms with E-state index in [1.807, 2.05) is 19.9 Å². The molecule has 0 bridgehead atoms. The van der Waals surface area contributed by atoms with Crippen molar-refractivity contribution in [3.05, 3.63) is 17.5 Å². The van der Waals surface area contributed by atoms with Crippen LogP contribution in [0.4, 0.5) is 0 Å². The van der Waals surface area contributed by atoms with Gasteiger partial charge < -0.3 is 0 Å². The Hall–Kier alpha value is 0.170. The lowest BCUT2D eigenvalue weighted by atomic mass is 10.4. The van der Waals surface area contributed by atoms with Crippen LogP contribution in [0.1, 0.15) is 11.4 Å². The summed E-state index contributed by atoms with van der Waals surface area (Å²) in [6.45, 7) is 3.95. The first-order chi connectivity index (χ1) is 5.20.